The van der Waals surface area contributed by atoms with Crippen LogP contribution in [0.1, 0.15) is 18.1 Å². The maximum Gasteiger partial charge on any atom is 0.134 e. The highest BCUT2D eigenvalue weighted by atomic mass is 35.5. The molecule has 3 heteroatoms. The molecule has 0 heterocycles. The summed E-state index contributed by atoms with van der Waals surface area (Å²) in [5.74, 6) is 0.129. The molecule has 0 saturated carbocycles. The van der Waals surface area contributed by atoms with Crippen LogP contribution in [0.25, 0.3) is 0 Å². The van der Waals surface area contributed by atoms with Crippen LogP contribution in [0.4, 0.5) is 0 Å². The summed E-state index contributed by atoms with van der Waals surface area (Å²) in [6.07, 6.45) is 0.416. The van der Waals surface area contributed by atoms with Gasteiger partial charge in [0.2, 0.25) is 0 Å². The number of hydrogen-bond donors (Lipinski definition) is 0. The molecule has 0 amide bonds. The number of carbonyl (C=O) groups excluding carboxylic acids is 1. The van der Waals surface area contributed by atoms with Gasteiger partial charge in [-0.3, -0.25) is 4.79 Å². The van der Waals surface area contributed by atoms with Crippen molar-refractivity contribution in [3.05, 3.63) is 34.3 Å². The lowest BCUT2D eigenvalue weighted by Crippen LogP contribution is -2.01. The molecule has 0 aliphatic rings. The Bertz CT molecular complexity index is 334. The maximum absolute atomic E-state index is 11.0. The second kappa shape index (κ2) is 5.13. The summed E-state index contributed by atoms with van der Waals surface area (Å²) in [6, 6.07) is 5.51. The van der Waals surface area contributed by atoms with Crippen molar-refractivity contribution >= 4 is 17.4 Å². The lowest BCUT2D eigenvalue weighted by Gasteiger charge is -2.07. The average Bonchev–Trinajstić information content (AvgIpc) is 2.09. The van der Waals surface area contributed by atoms with Gasteiger partial charge in [-0.05, 0) is 30.2 Å². The zero-order chi connectivity index (χ0) is 10.6. The molecule has 0 N–H and O–H groups in total. The summed E-state index contributed by atoms with van der Waals surface area (Å²) in [5.41, 5.74) is 1.97. The van der Waals surface area contributed by atoms with Crippen LogP contribution in [-0.2, 0) is 22.6 Å². The summed E-state index contributed by atoms with van der Waals surface area (Å²) in [7, 11) is 1.63. The quantitative estimate of drug-likeness (QED) is 0.767. The Balaban J connectivity index is 2.96. The van der Waals surface area contributed by atoms with Gasteiger partial charge in [0.15, 0.2) is 0 Å². The van der Waals surface area contributed by atoms with E-state index in [1.165, 1.54) is 0 Å². The lowest BCUT2D eigenvalue weighted by atomic mass is 10.0. The SMILES string of the molecule is COCc1ccc(Cl)cc1CC(C)=O. The topological polar surface area (TPSA) is 26.3 Å². The number of benzene rings is 1. The minimum Gasteiger partial charge on any atom is -0.380 e. The van der Waals surface area contributed by atoms with E-state index in [2.05, 4.69) is 0 Å². The van der Waals surface area contributed by atoms with E-state index in [4.69, 9.17) is 16.3 Å². The van der Waals surface area contributed by atoms with Crippen molar-refractivity contribution in [2.75, 3.05) is 7.11 Å². The van der Waals surface area contributed by atoms with Crippen LogP contribution in [0, 0.1) is 0 Å². The van der Waals surface area contributed by atoms with E-state index in [-0.39, 0.29) is 5.78 Å². The van der Waals surface area contributed by atoms with Gasteiger partial charge < -0.3 is 4.74 Å². The first kappa shape index (κ1) is 11.2. The summed E-state index contributed by atoms with van der Waals surface area (Å²) in [4.78, 5) is 11.0. The number of ether oxygens (including phenoxy) is 1. The number of ketones is 1. The molecule has 0 spiro atoms. The maximum atomic E-state index is 11.0. The fourth-order valence-corrected chi connectivity index (χ4v) is 1.52. The molecule has 0 atom stereocenters. The molecule has 76 valence electrons. The molecule has 14 heavy (non-hydrogen) atoms. The Labute approximate surface area is 88.8 Å². The van der Waals surface area contributed by atoms with Gasteiger partial charge in [0.25, 0.3) is 0 Å². The van der Waals surface area contributed by atoms with E-state index in [0.29, 0.717) is 18.1 Å². The molecule has 2 nitrogen and oxygen atoms in total. The van der Waals surface area contributed by atoms with Crippen molar-refractivity contribution in [3.8, 4) is 0 Å². The van der Waals surface area contributed by atoms with Crippen LogP contribution in [0.5, 0.6) is 0 Å². The van der Waals surface area contributed by atoms with E-state index in [0.717, 1.165) is 11.1 Å². The molecule has 1 aromatic rings. The van der Waals surface area contributed by atoms with Gasteiger partial charge >= 0.3 is 0 Å². The molecule has 0 aliphatic heterocycles. The molecule has 0 aromatic heterocycles. The number of halogens is 1. The first-order valence-electron chi connectivity index (χ1n) is 4.39. The van der Waals surface area contributed by atoms with Crippen LogP contribution in [-0.4, -0.2) is 12.9 Å². The zero-order valence-corrected chi connectivity index (χ0v) is 9.10. The molecule has 0 saturated heterocycles. The van der Waals surface area contributed by atoms with Gasteiger partial charge in [-0.15, -0.1) is 0 Å². The second-order valence-electron chi connectivity index (χ2n) is 3.22. The number of methoxy groups -OCH3 is 1. The highest BCUT2D eigenvalue weighted by Crippen LogP contribution is 2.17. The van der Waals surface area contributed by atoms with Gasteiger partial charge in [0.05, 0.1) is 6.61 Å². The Hall–Kier alpha value is -0.860. The van der Waals surface area contributed by atoms with Gasteiger partial charge in [-0.2, -0.15) is 0 Å². The highest BCUT2D eigenvalue weighted by molar-refractivity contribution is 6.30. The Morgan fingerprint density at radius 1 is 1.43 bits per heavy atom. The van der Waals surface area contributed by atoms with Crippen molar-refractivity contribution in [3.63, 3.8) is 0 Å². The third-order valence-electron chi connectivity index (χ3n) is 1.91. The monoisotopic (exact) mass is 212 g/mol. The minimum atomic E-state index is 0.129. The van der Waals surface area contributed by atoms with Gasteiger partial charge in [-0.25, -0.2) is 0 Å². The molecule has 0 unspecified atom stereocenters. The van der Waals surface area contributed by atoms with Gasteiger partial charge in [0, 0.05) is 18.6 Å². The third-order valence-corrected chi connectivity index (χ3v) is 2.14. The summed E-state index contributed by atoms with van der Waals surface area (Å²) >= 11 is 5.85. The van der Waals surface area contributed by atoms with E-state index in [9.17, 15) is 4.79 Å². The predicted molar refractivity (Wildman–Crippen MR) is 56.6 cm³/mol. The van der Waals surface area contributed by atoms with Gasteiger partial charge in [-0.1, -0.05) is 17.7 Å². The van der Waals surface area contributed by atoms with Crippen molar-refractivity contribution in [2.45, 2.75) is 20.0 Å². The fourth-order valence-electron chi connectivity index (χ4n) is 1.32. The smallest absolute Gasteiger partial charge is 0.134 e. The minimum absolute atomic E-state index is 0.129. The first-order chi connectivity index (χ1) is 6.63. The molecule has 0 radical (unpaired) electrons. The lowest BCUT2D eigenvalue weighted by molar-refractivity contribution is -0.116. The Morgan fingerprint density at radius 3 is 2.71 bits per heavy atom. The molecule has 1 rings (SSSR count). The Kier molecular flexibility index (Phi) is 4.11. The molecule has 0 fully saturated rings. The van der Waals surface area contributed by atoms with E-state index < -0.39 is 0 Å². The summed E-state index contributed by atoms with van der Waals surface area (Å²) in [5, 5.41) is 0.654. The number of hydrogen-bond acceptors (Lipinski definition) is 2. The van der Waals surface area contributed by atoms with Crippen LogP contribution < -0.4 is 0 Å². The number of Topliss-reactive ketones (excluding diaryl/α,β-unsaturated/α-hetero) is 1. The largest absolute Gasteiger partial charge is 0.380 e. The number of carbonyl (C=O) groups is 1. The van der Waals surface area contributed by atoms with E-state index >= 15 is 0 Å². The van der Waals surface area contributed by atoms with Crippen molar-refractivity contribution in [1.29, 1.82) is 0 Å². The predicted octanol–water partition coefficient (Wildman–Crippen LogP) is 2.62. The second-order valence-corrected chi connectivity index (χ2v) is 3.66. The van der Waals surface area contributed by atoms with Crippen LogP contribution in [0.3, 0.4) is 0 Å². The molecule has 1 aromatic carbocycles. The fraction of sp³-hybridized carbons (Fsp3) is 0.364. The van der Waals surface area contributed by atoms with Crippen LogP contribution in [0.2, 0.25) is 5.02 Å². The zero-order valence-electron chi connectivity index (χ0n) is 8.34. The Morgan fingerprint density at radius 2 is 2.14 bits per heavy atom. The van der Waals surface area contributed by atoms with E-state index in [1.807, 2.05) is 12.1 Å². The highest BCUT2D eigenvalue weighted by Gasteiger charge is 2.05. The van der Waals surface area contributed by atoms with Crippen molar-refractivity contribution in [1.82, 2.24) is 0 Å². The average molecular weight is 213 g/mol. The summed E-state index contributed by atoms with van der Waals surface area (Å²) in [6.45, 7) is 2.08. The van der Waals surface area contributed by atoms with Crippen LogP contribution in [0.15, 0.2) is 18.2 Å². The summed E-state index contributed by atoms with van der Waals surface area (Å²) < 4.78 is 5.04. The molecular weight excluding hydrogens is 200 g/mol. The molecule has 0 bridgehead atoms. The van der Waals surface area contributed by atoms with Gasteiger partial charge in [0.1, 0.15) is 5.78 Å². The number of rotatable bonds is 4. The first-order valence-corrected chi connectivity index (χ1v) is 4.77. The van der Waals surface area contributed by atoms with Crippen LogP contribution >= 0.6 is 11.6 Å². The third kappa shape index (κ3) is 3.13. The van der Waals surface area contributed by atoms with Crippen molar-refractivity contribution < 1.29 is 9.53 Å². The van der Waals surface area contributed by atoms with E-state index in [1.54, 1.807) is 20.1 Å². The normalized spacial score (nSPS) is 10.2. The standard InChI is InChI=1S/C11H13ClO2/c1-8(13)5-10-6-11(12)4-3-9(10)7-14-2/h3-4,6H,5,7H2,1-2H3. The van der Waals surface area contributed by atoms with Crippen molar-refractivity contribution in [2.24, 2.45) is 0 Å². The molecule has 0 aliphatic carbocycles. The molecular formula is C11H13ClO2.